The maximum atomic E-state index is 5.14. The van der Waals surface area contributed by atoms with Gasteiger partial charge < -0.3 is 10.1 Å². The molecule has 1 heterocycles. The van der Waals surface area contributed by atoms with Crippen LogP contribution in [0, 0.1) is 0 Å². The lowest BCUT2D eigenvalue weighted by Gasteiger charge is -2.09. The molecule has 0 aliphatic carbocycles. The van der Waals surface area contributed by atoms with Gasteiger partial charge in [-0.1, -0.05) is 31.2 Å². The summed E-state index contributed by atoms with van der Waals surface area (Å²) in [6.45, 7) is 3.40. The van der Waals surface area contributed by atoms with E-state index in [1.54, 1.807) is 7.11 Å². The first kappa shape index (κ1) is 14.9. The fourth-order valence-corrected chi connectivity index (χ4v) is 2.32. The number of hydrogen-bond acceptors (Lipinski definition) is 4. The Labute approximate surface area is 127 Å². The van der Waals surface area contributed by atoms with E-state index in [-0.39, 0.29) is 0 Å². The summed E-state index contributed by atoms with van der Waals surface area (Å²) < 4.78 is 5.95. The molecule has 0 amide bonds. The Morgan fingerprint density at radius 1 is 1.20 bits per heavy atom. The molecular weight excluding hydrogens is 318 g/mol. The predicted molar refractivity (Wildman–Crippen MR) is 83.6 cm³/mol. The van der Waals surface area contributed by atoms with E-state index < -0.39 is 0 Å². The van der Waals surface area contributed by atoms with Crippen LogP contribution in [0.3, 0.4) is 0 Å². The van der Waals surface area contributed by atoms with Crippen molar-refractivity contribution in [2.45, 2.75) is 26.5 Å². The maximum Gasteiger partial charge on any atom is 0.131 e. The monoisotopic (exact) mass is 335 g/mol. The first-order chi connectivity index (χ1) is 9.71. The smallest absolute Gasteiger partial charge is 0.131 e. The number of hydrogen-bond donors (Lipinski definition) is 1. The van der Waals surface area contributed by atoms with Crippen LogP contribution in [-0.4, -0.2) is 17.1 Å². The molecule has 4 nitrogen and oxygen atoms in total. The molecule has 0 atom stereocenters. The number of halogens is 1. The summed E-state index contributed by atoms with van der Waals surface area (Å²) in [7, 11) is 1.70. The topological polar surface area (TPSA) is 47.0 Å². The second-order valence-corrected chi connectivity index (χ2v) is 5.26. The fourth-order valence-electron chi connectivity index (χ4n) is 1.90. The average molecular weight is 336 g/mol. The summed E-state index contributed by atoms with van der Waals surface area (Å²) in [6.07, 6.45) is 0.817. The number of benzene rings is 1. The quantitative estimate of drug-likeness (QED) is 0.820. The van der Waals surface area contributed by atoms with Crippen LogP contribution in [0.25, 0.3) is 0 Å². The van der Waals surface area contributed by atoms with E-state index in [4.69, 9.17) is 4.74 Å². The molecule has 0 radical (unpaired) electrons. The summed E-state index contributed by atoms with van der Waals surface area (Å²) in [5.41, 5.74) is 2.37. The highest BCUT2D eigenvalue weighted by Gasteiger charge is 2.02. The molecular formula is C15H18BrN3O. The van der Waals surface area contributed by atoms with Crippen LogP contribution in [-0.2, 0) is 24.3 Å². The highest BCUT2D eigenvalue weighted by atomic mass is 79.9. The fraction of sp³-hybridized carbons (Fsp3) is 0.333. The number of rotatable bonds is 6. The maximum absolute atomic E-state index is 5.14. The van der Waals surface area contributed by atoms with E-state index in [0.29, 0.717) is 6.61 Å². The summed E-state index contributed by atoms with van der Waals surface area (Å²) in [5, 5.41) is 3.32. The van der Waals surface area contributed by atoms with Crippen molar-refractivity contribution < 1.29 is 4.74 Å². The molecule has 0 aliphatic rings. The number of anilines is 1. The lowest BCUT2D eigenvalue weighted by Crippen LogP contribution is -2.04. The number of nitrogens with one attached hydrogen (secondary N) is 1. The molecule has 1 aromatic carbocycles. The van der Waals surface area contributed by atoms with Gasteiger partial charge in [0.2, 0.25) is 0 Å². The number of aromatic nitrogens is 2. The minimum atomic E-state index is 0.632. The van der Waals surface area contributed by atoms with Crippen molar-refractivity contribution in [3.05, 3.63) is 51.9 Å². The average Bonchev–Trinajstić information content (AvgIpc) is 2.45. The molecule has 20 heavy (non-hydrogen) atoms. The number of ether oxygens (including phenoxy) is 1. The Kier molecular flexibility index (Phi) is 5.49. The van der Waals surface area contributed by atoms with Crippen LogP contribution in [0.2, 0.25) is 0 Å². The van der Waals surface area contributed by atoms with Crippen LogP contribution < -0.4 is 5.32 Å². The van der Waals surface area contributed by atoms with Gasteiger partial charge in [0.05, 0.1) is 6.61 Å². The Balaban J connectivity index is 2.04. The van der Waals surface area contributed by atoms with Gasteiger partial charge >= 0.3 is 0 Å². The summed E-state index contributed by atoms with van der Waals surface area (Å²) in [4.78, 5) is 8.74. The van der Waals surface area contributed by atoms with Gasteiger partial charge in [-0.05, 0) is 27.1 Å². The SMILES string of the molecule is CCc1nc(Br)cc(NCc2cccc(COC)c2)n1. The summed E-state index contributed by atoms with van der Waals surface area (Å²) in [6, 6.07) is 10.2. The third kappa shape index (κ3) is 4.28. The molecule has 0 bridgehead atoms. The number of methoxy groups -OCH3 is 1. The van der Waals surface area contributed by atoms with Gasteiger partial charge in [-0.15, -0.1) is 0 Å². The van der Waals surface area contributed by atoms with Crippen molar-refractivity contribution >= 4 is 21.7 Å². The van der Waals surface area contributed by atoms with E-state index in [2.05, 4.69) is 49.4 Å². The van der Waals surface area contributed by atoms with Crippen molar-refractivity contribution in [3.8, 4) is 0 Å². The van der Waals surface area contributed by atoms with Crippen LogP contribution in [0.4, 0.5) is 5.82 Å². The third-order valence-corrected chi connectivity index (χ3v) is 3.24. The molecule has 0 aliphatic heterocycles. The third-order valence-electron chi connectivity index (χ3n) is 2.83. The van der Waals surface area contributed by atoms with Crippen LogP contribution in [0.15, 0.2) is 34.9 Å². The van der Waals surface area contributed by atoms with Crippen molar-refractivity contribution in [1.82, 2.24) is 9.97 Å². The van der Waals surface area contributed by atoms with Crippen molar-refractivity contribution in [2.24, 2.45) is 0 Å². The Hall–Kier alpha value is -1.46. The molecule has 2 rings (SSSR count). The van der Waals surface area contributed by atoms with E-state index in [0.717, 1.165) is 29.2 Å². The lowest BCUT2D eigenvalue weighted by molar-refractivity contribution is 0.185. The van der Waals surface area contributed by atoms with E-state index >= 15 is 0 Å². The molecule has 1 N–H and O–H groups in total. The van der Waals surface area contributed by atoms with Gasteiger partial charge in [0.25, 0.3) is 0 Å². The zero-order chi connectivity index (χ0) is 14.4. The number of nitrogens with zero attached hydrogens (tertiary/aromatic N) is 2. The molecule has 0 saturated heterocycles. The zero-order valence-corrected chi connectivity index (χ0v) is 13.3. The van der Waals surface area contributed by atoms with Crippen LogP contribution in [0.1, 0.15) is 23.9 Å². The minimum absolute atomic E-state index is 0.632. The highest BCUT2D eigenvalue weighted by molar-refractivity contribution is 9.10. The Bertz CT molecular complexity index is 575. The molecule has 5 heteroatoms. The summed E-state index contributed by atoms with van der Waals surface area (Å²) in [5.74, 6) is 1.66. The van der Waals surface area contributed by atoms with Crippen LogP contribution in [0.5, 0.6) is 0 Å². The Morgan fingerprint density at radius 2 is 2.00 bits per heavy atom. The Morgan fingerprint density at radius 3 is 2.75 bits per heavy atom. The molecule has 0 fully saturated rings. The largest absolute Gasteiger partial charge is 0.380 e. The normalized spacial score (nSPS) is 10.6. The van der Waals surface area contributed by atoms with Gasteiger partial charge in [0.15, 0.2) is 0 Å². The van der Waals surface area contributed by atoms with Gasteiger partial charge in [-0.2, -0.15) is 0 Å². The second kappa shape index (κ2) is 7.36. The minimum Gasteiger partial charge on any atom is -0.380 e. The number of aryl methyl sites for hydroxylation is 1. The van der Waals surface area contributed by atoms with Crippen LogP contribution >= 0.6 is 15.9 Å². The zero-order valence-electron chi connectivity index (χ0n) is 11.7. The first-order valence-corrected chi connectivity index (χ1v) is 7.34. The van der Waals surface area contributed by atoms with E-state index in [1.807, 2.05) is 19.1 Å². The van der Waals surface area contributed by atoms with Gasteiger partial charge in [0, 0.05) is 26.1 Å². The standard InChI is InChI=1S/C15H18BrN3O/c1-3-14-18-13(16)8-15(19-14)17-9-11-5-4-6-12(7-11)10-20-2/h4-8H,3,9-10H2,1-2H3,(H,17,18,19). The molecule has 0 saturated carbocycles. The van der Waals surface area contributed by atoms with Crippen molar-refractivity contribution in [1.29, 1.82) is 0 Å². The highest BCUT2D eigenvalue weighted by Crippen LogP contribution is 2.14. The molecule has 1 aromatic heterocycles. The second-order valence-electron chi connectivity index (χ2n) is 4.45. The predicted octanol–water partition coefficient (Wildman–Crippen LogP) is 3.56. The first-order valence-electron chi connectivity index (χ1n) is 6.55. The summed E-state index contributed by atoms with van der Waals surface area (Å²) >= 11 is 3.40. The van der Waals surface area contributed by atoms with Crippen molar-refractivity contribution in [2.75, 3.05) is 12.4 Å². The van der Waals surface area contributed by atoms with Gasteiger partial charge in [0.1, 0.15) is 16.2 Å². The van der Waals surface area contributed by atoms with Crippen molar-refractivity contribution in [3.63, 3.8) is 0 Å². The lowest BCUT2D eigenvalue weighted by atomic mass is 10.1. The van der Waals surface area contributed by atoms with E-state index in [1.165, 1.54) is 11.1 Å². The molecule has 106 valence electrons. The molecule has 0 spiro atoms. The van der Waals surface area contributed by atoms with Gasteiger partial charge in [-0.25, -0.2) is 9.97 Å². The van der Waals surface area contributed by atoms with E-state index in [9.17, 15) is 0 Å². The molecule has 0 unspecified atom stereocenters. The van der Waals surface area contributed by atoms with Gasteiger partial charge in [-0.3, -0.25) is 0 Å². The molecule has 2 aromatic rings.